The second-order valence-corrected chi connectivity index (χ2v) is 17.4. The highest BCUT2D eigenvalue weighted by molar-refractivity contribution is 6.32. The lowest BCUT2D eigenvalue weighted by Crippen LogP contribution is -2.54. The summed E-state index contributed by atoms with van der Waals surface area (Å²) in [4.78, 5) is 96.0. The Morgan fingerprint density at radius 2 is 1.70 bits per heavy atom. The molecule has 20 heteroatoms. The first-order valence-electron chi connectivity index (χ1n) is 21.8. The van der Waals surface area contributed by atoms with E-state index in [0.717, 1.165) is 23.6 Å². The molecule has 2 aromatic heterocycles. The molecule has 7 atom stereocenters. The van der Waals surface area contributed by atoms with Gasteiger partial charge >= 0.3 is 35.9 Å². The Hall–Kier alpha value is -6.57. The number of methoxy groups -OCH3 is 1. The summed E-state index contributed by atoms with van der Waals surface area (Å²) in [6.45, 7) is 4.52. The number of amides is 1. The van der Waals surface area contributed by atoms with E-state index in [-0.39, 0.29) is 49.7 Å². The van der Waals surface area contributed by atoms with Crippen molar-refractivity contribution in [3.05, 3.63) is 90.7 Å². The Morgan fingerprint density at radius 3 is 2.40 bits per heavy atom. The number of carboxylic acids is 2. The third kappa shape index (κ3) is 8.55. The number of carbonyl (C=O) groups is 6. The number of esters is 3. The second-order valence-electron chi connectivity index (χ2n) is 17.0. The van der Waals surface area contributed by atoms with Crippen LogP contribution in [-0.2, 0) is 79.4 Å². The van der Waals surface area contributed by atoms with Crippen molar-refractivity contribution in [2.45, 2.75) is 103 Å². The van der Waals surface area contributed by atoms with E-state index in [0.29, 0.717) is 51.5 Å². The molecule has 354 valence electrons. The van der Waals surface area contributed by atoms with Crippen LogP contribution in [0.15, 0.2) is 41.2 Å². The second kappa shape index (κ2) is 18.6. The highest BCUT2D eigenvalue weighted by Crippen LogP contribution is 2.47. The largest absolute Gasteiger partial charge is 0.481 e. The summed E-state index contributed by atoms with van der Waals surface area (Å²) >= 11 is 6.73. The number of para-hydroxylation sites is 1. The van der Waals surface area contributed by atoms with Gasteiger partial charge in [-0.15, -0.1) is 0 Å². The quantitative estimate of drug-likeness (QED) is 0.0844. The molecule has 19 nitrogen and oxygen atoms in total. The van der Waals surface area contributed by atoms with Gasteiger partial charge in [-0.3, -0.25) is 19.2 Å². The van der Waals surface area contributed by atoms with Gasteiger partial charge in [0.05, 0.1) is 61.6 Å². The lowest BCUT2D eigenvalue weighted by Gasteiger charge is -2.45. The van der Waals surface area contributed by atoms with Crippen molar-refractivity contribution in [3.63, 3.8) is 0 Å². The molecule has 4 aromatic rings. The number of aliphatic hydroxyl groups is 1. The van der Waals surface area contributed by atoms with Crippen LogP contribution < -0.4 is 15.6 Å². The van der Waals surface area contributed by atoms with Crippen LogP contribution in [0.25, 0.3) is 22.3 Å². The number of nitrogens with one attached hydrogen (secondary N) is 1. The standard InChI is InChI=1S/C47H48ClN3O16/c1-5-47(61)29-16-33-40-27(18-51(33)42(57)28(29)20-64-45(47)59)39-31(12-11-23-21(3)30(48)17-32(49-40)38(23)39)50-46(60)65-19-22-9-7-8-10-34(22)66-44-26(15-37(56)63-6-2)24(13-35(52)53)25(14-36(54)55)41(67-44)43(58)62-4/h7-10,16-17,24-26,31,41,44,61H,5-6,11-15,18-20H2,1-4H3,(H,50,60)(H,52,53)(H,54,55)/t24?,25?,26?,31?,41?,44?,47-/m0/s1. The maximum Gasteiger partial charge on any atom is 0.407 e. The number of alkyl carbamates (subject to hydrolysis) is 1. The highest BCUT2D eigenvalue weighted by Gasteiger charge is 2.52. The number of fused-ring (bicyclic) bond motifs is 5. The number of cyclic esters (lactones) is 1. The fourth-order valence-electron chi connectivity index (χ4n) is 10.1. The van der Waals surface area contributed by atoms with Crippen molar-refractivity contribution in [1.82, 2.24) is 14.9 Å². The number of pyridine rings is 2. The van der Waals surface area contributed by atoms with Gasteiger partial charge in [-0.1, -0.05) is 36.7 Å². The highest BCUT2D eigenvalue weighted by atomic mass is 35.5. The Labute approximate surface area is 387 Å². The Balaban J connectivity index is 1.09. The van der Waals surface area contributed by atoms with E-state index in [1.165, 1.54) is 10.6 Å². The summed E-state index contributed by atoms with van der Waals surface area (Å²) in [6.07, 6.45) is -4.77. The van der Waals surface area contributed by atoms with Crippen LogP contribution >= 0.6 is 11.6 Å². The minimum atomic E-state index is -2.03. The SMILES string of the molecule is CCOC(=O)CC1C(Oc2ccccc2COC(=O)NC2CCc3c(C)c(Cl)cc4nc5c(c2c34)Cn2c-5cc3c(c2=O)COC(=O)[C@]3(O)CC)OC(C(=O)OC)C(CC(=O)O)C1CC(=O)O. The molecular formula is C47H48ClN3O16. The zero-order valence-electron chi connectivity index (χ0n) is 36.9. The molecular weight excluding hydrogens is 898 g/mol. The number of hydrogen-bond donors (Lipinski definition) is 4. The number of aliphatic carboxylic acids is 2. The minimum absolute atomic E-state index is 0.00159. The van der Waals surface area contributed by atoms with Crippen molar-refractivity contribution in [1.29, 1.82) is 0 Å². The summed E-state index contributed by atoms with van der Waals surface area (Å²) in [5, 5.41) is 35.4. The zero-order chi connectivity index (χ0) is 48.1. The summed E-state index contributed by atoms with van der Waals surface area (Å²) in [6, 6.07) is 9.07. The van der Waals surface area contributed by atoms with E-state index >= 15 is 0 Å². The average molecular weight is 946 g/mol. The molecule has 2 aromatic carbocycles. The lowest BCUT2D eigenvalue weighted by atomic mass is 9.71. The number of benzene rings is 2. The van der Waals surface area contributed by atoms with Gasteiger partial charge < -0.3 is 53.6 Å². The van der Waals surface area contributed by atoms with Gasteiger partial charge in [0.15, 0.2) is 11.7 Å². The lowest BCUT2D eigenvalue weighted by molar-refractivity contribution is -0.234. The van der Waals surface area contributed by atoms with Crippen LogP contribution in [0.3, 0.4) is 0 Å². The van der Waals surface area contributed by atoms with Gasteiger partial charge in [0, 0.05) is 45.4 Å². The van der Waals surface area contributed by atoms with Crippen LogP contribution in [0, 0.1) is 24.7 Å². The number of aromatic nitrogens is 2. The van der Waals surface area contributed by atoms with Crippen LogP contribution in [-0.4, -0.2) is 86.9 Å². The third-order valence-corrected chi connectivity index (χ3v) is 13.7. The molecule has 0 radical (unpaired) electrons. The number of hydrogen-bond acceptors (Lipinski definition) is 15. The number of carboxylic acid groups (broad SMARTS) is 2. The van der Waals surface area contributed by atoms with Crippen molar-refractivity contribution < 1.29 is 72.5 Å². The topological polar surface area (TPSA) is 265 Å². The Morgan fingerprint density at radius 1 is 0.970 bits per heavy atom. The van der Waals surface area contributed by atoms with Gasteiger partial charge in [-0.2, -0.15) is 0 Å². The first kappa shape index (κ1) is 46.9. The maximum absolute atomic E-state index is 14.1. The fourth-order valence-corrected chi connectivity index (χ4v) is 10.3. The van der Waals surface area contributed by atoms with Crippen LogP contribution in [0.5, 0.6) is 5.75 Å². The van der Waals surface area contributed by atoms with E-state index in [1.54, 1.807) is 44.2 Å². The smallest absolute Gasteiger partial charge is 0.407 e. The molecule has 4 aliphatic rings. The molecule has 1 aliphatic carbocycles. The molecule has 0 bridgehead atoms. The number of rotatable bonds is 14. The molecule has 4 N–H and O–H groups in total. The predicted octanol–water partition coefficient (Wildman–Crippen LogP) is 4.98. The van der Waals surface area contributed by atoms with E-state index in [4.69, 9.17) is 45.0 Å². The third-order valence-electron chi connectivity index (χ3n) is 13.3. The normalized spacial score (nSPS) is 23.5. The Bertz CT molecular complexity index is 2790. The van der Waals surface area contributed by atoms with E-state index in [2.05, 4.69) is 5.32 Å². The minimum Gasteiger partial charge on any atom is -0.481 e. The molecule has 6 unspecified atom stereocenters. The van der Waals surface area contributed by atoms with Gasteiger partial charge in [-0.25, -0.2) is 19.4 Å². The number of carbonyl (C=O) groups excluding carboxylic acids is 4. The monoisotopic (exact) mass is 945 g/mol. The van der Waals surface area contributed by atoms with E-state index in [1.807, 2.05) is 6.92 Å². The summed E-state index contributed by atoms with van der Waals surface area (Å²) in [7, 11) is 1.07. The first-order chi connectivity index (χ1) is 32.0. The van der Waals surface area contributed by atoms with Gasteiger partial charge in [0.1, 0.15) is 19.0 Å². The number of halogens is 1. The molecule has 67 heavy (non-hydrogen) atoms. The number of aryl methyl sites for hydroxylation is 1. The summed E-state index contributed by atoms with van der Waals surface area (Å²) < 4.78 is 35.1. The number of ether oxygens (including phenoxy) is 6. The molecule has 0 spiro atoms. The van der Waals surface area contributed by atoms with Crippen molar-refractivity contribution in [2.75, 3.05) is 13.7 Å². The molecule has 1 amide bonds. The van der Waals surface area contributed by atoms with E-state index < -0.39 is 103 Å². The van der Waals surface area contributed by atoms with Gasteiger partial charge in [0.2, 0.25) is 6.29 Å². The molecule has 3 aliphatic heterocycles. The van der Waals surface area contributed by atoms with Crippen molar-refractivity contribution in [3.8, 4) is 17.1 Å². The van der Waals surface area contributed by atoms with Crippen LogP contribution in [0.4, 0.5) is 4.79 Å². The van der Waals surface area contributed by atoms with Crippen molar-refractivity contribution >= 4 is 58.4 Å². The van der Waals surface area contributed by atoms with Crippen LogP contribution in [0.1, 0.15) is 90.9 Å². The van der Waals surface area contributed by atoms with Gasteiger partial charge in [-0.05, 0) is 73.9 Å². The molecule has 1 saturated heterocycles. The van der Waals surface area contributed by atoms with Crippen LogP contribution in [0.2, 0.25) is 5.02 Å². The summed E-state index contributed by atoms with van der Waals surface area (Å²) in [5.41, 5.74) is 2.65. The molecule has 1 fully saturated rings. The first-order valence-corrected chi connectivity index (χ1v) is 22.2. The van der Waals surface area contributed by atoms with E-state index in [9.17, 15) is 48.9 Å². The molecule has 0 saturated carbocycles. The predicted molar refractivity (Wildman–Crippen MR) is 233 cm³/mol. The molecule has 5 heterocycles. The maximum atomic E-state index is 14.1. The zero-order valence-corrected chi connectivity index (χ0v) is 37.7. The Kier molecular flexibility index (Phi) is 13.0. The van der Waals surface area contributed by atoms with Gasteiger partial charge in [0.25, 0.3) is 5.56 Å². The van der Waals surface area contributed by atoms with Crippen molar-refractivity contribution in [2.24, 2.45) is 17.8 Å². The summed E-state index contributed by atoms with van der Waals surface area (Å²) in [5.74, 6) is -8.58. The fraction of sp³-hybridized carbons (Fsp3) is 0.447. The molecule has 8 rings (SSSR count). The average Bonchev–Trinajstić information content (AvgIpc) is 3.66. The number of nitrogens with zero attached hydrogens (tertiary/aromatic N) is 2.